The molecule has 108 valence electrons. The predicted molar refractivity (Wildman–Crippen MR) is 77.4 cm³/mol. The van der Waals surface area contributed by atoms with Gasteiger partial charge in [0, 0.05) is 25.5 Å². The SMILES string of the molecule is Cc1nn(C)c(Cl)c1CC(C)(O)Cc1ccc(F)cc1. The summed E-state index contributed by atoms with van der Waals surface area (Å²) in [7, 11) is 1.77. The molecule has 1 unspecified atom stereocenters. The molecule has 2 aromatic rings. The Hall–Kier alpha value is -1.39. The molecule has 0 spiro atoms. The molecule has 0 amide bonds. The smallest absolute Gasteiger partial charge is 0.130 e. The van der Waals surface area contributed by atoms with Crippen LogP contribution >= 0.6 is 11.6 Å². The van der Waals surface area contributed by atoms with E-state index >= 15 is 0 Å². The molecule has 5 heteroatoms. The summed E-state index contributed by atoms with van der Waals surface area (Å²) in [6, 6.07) is 6.16. The Kier molecular flexibility index (Phi) is 4.16. The number of nitrogens with zero attached hydrogens (tertiary/aromatic N) is 2. The third-order valence-corrected chi connectivity index (χ3v) is 3.80. The summed E-state index contributed by atoms with van der Waals surface area (Å²) in [5.41, 5.74) is 1.59. The van der Waals surface area contributed by atoms with Crippen molar-refractivity contribution in [1.29, 1.82) is 0 Å². The molecule has 20 heavy (non-hydrogen) atoms. The van der Waals surface area contributed by atoms with Gasteiger partial charge in [0.1, 0.15) is 11.0 Å². The van der Waals surface area contributed by atoms with Crippen molar-refractivity contribution in [3.8, 4) is 0 Å². The van der Waals surface area contributed by atoms with Gasteiger partial charge in [-0.25, -0.2) is 4.39 Å². The third kappa shape index (κ3) is 3.38. The number of benzene rings is 1. The van der Waals surface area contributed by atoms with Crippen molar-refractivity contribution in [2.75, 3.05) is 0 Å². The Balaban J connectivity index is 2.16. The third-order valence-electron chi connectivity index (χ3n) is 3.33. The van der Waals surface area contributed by atoms with E-state index in [0.717, 1.165) is 16.8 Å². The van der Waals surface area contributed by atoms with Crippen molar-refractivity contribution in [2.24, 2.45) is 7.05 Å². The van der Waals surface area contributed by atoms with E-state index in [1.807, 2.05) is 6.92 Å². The number of aromatic nitrogens is 2. The fourth-order valence-corrected chi connectivity index (χ4v) is 2.60. The summed E-state index contributed by atoms with van der Waals surface area (Å²) in [5, 5.41) is 15.3. The van der Waals surface area contributed by atoms with Crippen LogP contribution in [0.5, 0.6) is 0 Å². The second-order valence-corrected chi connectivity index (χ2v) is 5.81. The predicted octanol–water partition coefficient (Wildman–Crippen LogP) is 3.06. The monoisotopic (exact) mass is 296 g/mol. The Morgan fingerprint density at radius 3 is 2.40 bits per heavy atom. The van der Waals surface area contributed by atoms with E-state index in [4.69, 9.17) is 11.6 Å². The molecular weight excluding hydrogens is 279 g/mol. The number of aryl methyl sites for hydroxylation is 2. The summed E-state index contributed by atoms with van der Waals surface area (Å²) >= 11 is 6.18. The van der Waals surface area contributed by atoms with E-state index in [0.29, 0.717) is 18.0 Å². The van der Waals surface area contributed by atoms with Crippen molar-refractivity contribution in [1.82, 2.24) is 9.78 Å². The second kappa shape index (κ2) is 5.54. The maximum atomic E-state index is 12.9. The van der Waals surface area contributed by atoms with Gasteiger partial charge in [-0.15, -0.1) is 0 Å². The average Bonchev–Trinajstić information content (AvgIpc) is 2.58. The van der Waals surface area contributed by atoms with Crippen LogP contribution in [0.4, 0.5) is 4.39 Å². The van der Waals surface area contributed by atoms with Crippen LogP contribution in [-0.2, 0) is 19.9 Å². The molecule has 0 bridgehead atoms. The van der Waals surface area contributed by atoms with Crippen molar-refractivity contribution < 1.29 is 9.50 Å². The molecule has 1 atom stereocenters. The second-order valence-electron chi connectivity index (χ2n) is 5.46. The van der Waals surface area contributed by atoms with Gasteiger partial charge >= 0.3 is 0 Å². The summed E-state index contributed by atoms with van der Waals surface area (Å²) in [5.74, 6) is -0.278. The zero-order chi connectivity index (χ0) is 14.9. The van der Waals surface area contributed by atoms with E-state index in [1.165, 1.54) is 12.1 Å². The van der Waals surface area contributed by atoms with Crippen LogP contribution in [0.3, 0.4) is 0 Å². The van der Waals surface area contributed by atoms with Crippen LogP contribution in [0, 0.1) is 12.7 Å². The van der Waals surface area contributed by atoms with Crippen molar-refractivity contribution in [2.45, 2.75) is 32.3 Å². The highest BCUT2D eigenvalue weighted by Crippen LogP contribution is 2.26. The molecular formula is C15H18ClFN2O. The fourth-order valence-electron chi connectivity index (χ4n) is 2.36. The normalized spacial score (nSPS) is 14.3. The number of hydrogen-bond acceptors (Lipinski definition) is 2. The van der Waals surface area contributed by atoms with E-state index < -0.39 is 5.60 Å². The average molecular weight is 297 g/mol. The Morgan fingerprint density at radius 1 is 1.30 bits per heavy atom. The van der Waals surface area contributed by atoms with Gasteiger partial charge in [-0.05, 0) is 31.5 Å². The van der Waals surface area contributed by atoms with E-state index in [2.05, 4.69) is 5.10 Å². The minimum atomic E-state index is -0.963. The molecule has 0 aliphatic heterocycles. The lowest BCUT2D eigenvalue weighted by Gasteiger charge is -2.23. The Morgan fingerprint density at radius 2 is 1.90 bits per heavy atom. The van der Waals surface area contributed by atoms with Crippen LogP contribution in [0.1, 0.15) is 23.7 Å². The molecule has 2 rings (SSSR count). The summed E-state index contributed by atoms with van der Waals surface area (Å²) in [6.07, 6.45) is 0.834. The molecule has 0 aliphatic carbocycles. The molecule has 1 aromatic heterocycles. The zero-order valence-electron chi connectivity index (χ0n) is 11.8. The van der Waals surface area contributed by atoms with Gasteiger partial charge < -0.3 is 5.11 Å². The lowest BCUT2D eigenvalue weighted by Crippen LogP contribution is -2.30. The van der Waals surface area contributed by atoms with Crippen LogP contribution < -0.4 is 0 Å². The minimum Gasteiger partial charge on any atom is -0.389 e. The lowest BCUT2D eigenvalue weighted by atomic mass is 9.90. The van der Waals surface area contributed by atoms with E-state index in [1.54, 1.807) is 30.8 Å². The topological polar surface area (TPSA) is 38.0 Å². The number of halogens is 2. The van der Waals surface area contributed by atoms with Crippen LogP contribution in [-0.4, -0.2) is 20.5 Å². The van der Waals surface area contributed by atoms with Gasteiger partial charge in [-0.1, -0.05) is 23.7 Å². The van der Waals surface area contributed by atoms with Crippen molar-refractivity contribution in [3.63, 3.8) is 0 Å². The summed E-state index contributed by atoms with van der Waals surface area (Å²) < 4.78 is 14.5. The maximum absolute atomic E-state index is 12.9. The quantitative estimate of drug-likeness (QED) is 0.941. The summed E-state index contributed by atoms with van der Waals surface area (Å²) in [6.45, 7) is 3.62. The Labute approximate surface area is 123 Å². The molecule has 1 aromatic carbocycles. The van der Waals surface area contributed by atoms with Crippen LogP contribution in [0.15, 0.2) is 24.3 Å². The molecule has 0 saturated carbocycles. The van der Waals surface area contributed by atoms with Crippen molar-refractivity contribution >= 4 is 11.6 Å². The molecule has 3 nitrogen and oxygen atoms in total. The minimum absolute atomic E-state index is 0.278. The zero-order valence-corrected chi connectivity index (χ0v) is 12.6. The molecule has 0 saturated heterocycles. The highest BCUT2D eigenvalue weighted by Gasteiger charge is 2.25. The standard InChI is InChI=1S/C15H18ClFN2O/c1-10-13(14(16)19(3)18-10)9-15(2,20)8-11-4-6-12(17)7-5-11/h4-7,20H,8-9H2,1-3H3. The number of aliphatic hydroxyl groups is 1. The van der Waals surface area contributed by atoms with Crippen LogP contribution in [0.2, 0.25) is 5.15 Å². The summed E-state index contributed by atoms with van der Waals surface area (Å²) in [4.78, 5) is 0. The van der Waals surface area contributed by atoms with Gasteiger partial charge in [-0.3, -0.25) is 4.68 Å². The molecule has 0 fully saturated rings. The van der Waals surface area contributed by atoms with Gasteiger partial charge in [0.25, 0.3) is 0 Å². The number of hydrogen-bond donors (Lipinski definition) is 1. The molecule has 1 heterocycles. The Bertz CT molecular complexity index is 605. The van der Waals surface area contributed by atoms with E-state index in [9.17, 15) is 9.50 Å². The van der Waals surface area contributed by atoms with Crippen LogP contribution in [0.25, 0.3) is 0 Å². The first-order valence-corrected chi connectivity index (χ1v) is 6.81. The molecule has 0 aliphatic rings. The largest absolute Gasteiger partial charge is 0.389 e. The molecule has 1 N–H and O–H groups in total. The highest BCUT2D eigenvalue weighted by atomic mass is 35.5. The first-order valence-electron chi connectivity index (χ1n) is 6.43. The number of rotatable bonds is 4. The highest BCUT2D eigenvalue weighted by molar-refractivity contribution is 6.30. The first-order chi connectivity index (χ1) is 9.28. The molecule has 0 radical (unpaired) electrons. The first kappa shape index (κ1) is 15.0. The fraction of sp³-hybridized carbons (Fsp3) is 0.400. The lowest BCUT2D eigenvalue weighted by molar-refractivity contribution is 0.0606. The van der Waals surface area contributed by atoms with Gasteiger partial charge in [-0.2, -0.15) is 5.10 Å². The maximum Gasteiger partial charge on any atom is 0.130 e. The van der Waals surface area contributed by atoms with Gasteiger partial charge in [0.15, 0.2) is 0 Å². The van der Waals surface area contributed by atoms with Crippen molar-refractivity contribution in [3.05, 3.63) is 52.1 Å². The van der Waals surface area contributed by atoms with Gasteiger partial charge in [0.2, 0.25) is 0 Å². The van der Waals surface area contributed by atoms with Gasteiger partial charge in [0.05, 0.1) is 11.3 Å². The van der Waals surface area contributed by atoms with E-state index in [-0.39, 0.29) is 5.82 Å².